The van der Waals surface area contributed by atoms with Gasteiger partial charge in [0, 0.05) is 30.4 Å². The van der Waals surface area contributed by atoms with Gasteiger partial charge in [-0.3, -0.25) is 14.6 Å². The van der Waals surface area contributed by atoms with Crippen LogP contribution in [0, 0.1) is 5.82 Å². The highest BCUT2D eigenvalue weighted by atomic mass is 19.1. The number of ether oxygens (including phenoxy) is 1. The highest BCUT2D eigenvalue weighted by Crippen LogP contribution is 2.16. The standard InChI is InChI=1S/C23H21FN2O4/c1-30-21-7-5-16(6-8-21)14-26(15-22(27)28)23(29)18-9-10-25-20(13-18)12-17-3-2-4-19(24)11-17/h2-11,13H,12,14-15H2,1H3,(H,27,28). The number of aromatic nitrogens is 1. The number of hydrogen-bond acceptors (Lipinski definition) is 4. The minimum atomic E-state index is -1.11. The molecule has 0 fully saturated rings. The lowest BCUT2D eigenvalue weighted by Gasteiger charge is -2.21. The third-order valence-corrected chi connectivity index (χ3v) is 4.48. The van der Waals surface area contributed by atoms with E-state index in [0.717, 1.165) is 11.1 Å². The highest BCUT2D eigenvalue weighted by Gasteiger charge is 2.19. The number of benzene rings is 2. The van der Waals surface area contributed by atoms with E-state index in [2.05, 4.69) is 4.98 Å². The number of methoxy groups -OCH3 is 1. The van der Waals surface area contributed by atoms with Gasteiger partial charge in [0.15, 0.2) is 0 Å². The molecule has 0 bridgehead atoms. The second-order valence-corrected chi connectivity index (χ2v) is 6.75. The van der Waals surface area contributed by atoms with Gasteiger partial charge in [-0.1, -0.05) is 24.3 Å². The van der Waals surface area contributed by atoms with Crippen molar-refractivity contribution in [2.45, 2.75) is 13.0 Å². The van der Waals surface area contributed by atoms with E-state index in [9.17, 15) is 19.1 Å². The molecule has 7 heteroatoms. The van der Waals surface area contributed by atoms with E-state index in [1.54, 1.807) is 55.6 Å². The zero-order chi connectivity index (χ0) is 21.5. The first kappa shape index (κ1) is 21.0. The number of carboxylic acids is 1. The van der Waals surface area contributed by atoms with Crippen LogP contribution in [-0.4, -0.2) is 40.5 Å². The molecule has 0 aliphatic rings. The van der Waals surface area contributed by atoms with Crippen LogP contribution >= 0.6 is 0 Å². The molecule has 0 spiro atoms. The van der Waals surface area contributed by atoms with E-state index in [4.69, 9.17) is 4.74 Å². The van der Waals surface area contributed by atoms with E-state index >= 15 is 0 Å². The van der Waals surface area contributed by atoms with Crippen molar-refractivity contribution in [3.05, 3.63) is 95.1 Å². The topological polar surface area (TPSA) is 79.7 Å². The van der Waals surface area contributed by atoms with Gasteiger partial charge in [-0.2, -0.15) is 0 Å². The van der Waals surface area contributed by atoms with Gasteiger partial charge in [0.2, 0.25) is 0 Å². The molecule has 1 aromatic heterocycles. The van der Waals surface area contributed by atoms with Gasteiger partial charge < -0.3 is 14.7 Å². The second-order valence-electron chi connectivity index (χ2n) is 6.75. The van der Waals surface area contributed by atoms with Crippen LogP contribution < -0.4 is 4.74 Å². The van der Waals surface area contributed by atoms with E-state index in [1.807, 2.05) is 0 Å². The molecule has 0 atom stereocenters. The summed E-state index contributed by atoms with van der Waals surface area (Å²) in [5, 5.41) is 9.25. The van der Waals surface area contributed by atoms with Crippen LogP contribution in [0.15, 0.2) is 66.9 Å². The second kappa shape index (κ2) is 9.65. The molecule has 154 valence electrons. The lowest BCUT2D eigenvalue weighted by atomic mass is 10.1. The smallest absolute Gasteiger partial charge is 0.323 e. The molecule has 2 aromatic carbocycles. The number of carbonyl (C=O) groups excluding carboxylic acids is 1. The summed E-state index contributed by atoms with van der Waals surface area (Å²) in [7, 11) is 1.56. The third kappa shape index (κ3) is 5.64. The number of nitrogens with zero attached hydrogens (tertiary/aromatic N) is 2. The fraction of sp³-hybridized carbons (Fsp3) is 0.174. The molecular weight excluding hydrogens is 387 g/mol. The summed E-state index contributed by atoms with van der Waals surface area (Å²) in [4.78, 5) is 29.8. The van der Waals surface area contributed by atoms with Gasteiger partial charge in [0.1, 0.15) is 18.1 Å². The van der Waals surface area contributed by atoms with Crippen LogP contribution in [0.2, 0.25) is 0 Å². The number of halogens is 1. The number of carboxylic acid groups (broad SMARTS) is 1. The summed E-state index contributed by atoms with van der Waals surface area (Å²) < 4.78 is 18.5. The Morgan fingerprint density at radius 3 is 2.50 bits per heavy atom. The Labute approximate surface area is 173 Å². The van der Waals surface area contributed by atoms with Gasteiger partial charge in [-0.25, -0.2) is 4.39 Å². The number of hydrogen-bond donors (Lipinski definition) is 1. The normalized spacial score (nSPS) is 10.5. The molecule has 0 aliphatic heterocycles. The average Bonchev–Trinajstić information content (AvgIpc) is 2.73. The fourth-order valence-electron chi connectivity index (χ4n) is 3.06. The van der Waals surface area contributed by atoms with Crippen LogP contribution in [0.4, 0.5) is 4.39 Å². The molecule has 0 aliphatic carbocycles. The first-order valence-electron chi connectivity index (χ1n) is 9.28. The van der Waals surface area contributed by atoms with Gasteiger partial charge >= 0.3 is 5.97 Å². The minimum Gasteiger partial charge on any atom is -0.497 e. The summed E-state index contributed by atoms with van der Waals surface area (Å²) >= 11 is 0. The zero-order valence-electron chi connectivity index (χ0n) is 16.4. The van der Waals surface area contributed by atoms with Crippen molar-refractivity contribution in [2.75, 3.05) is 13.7 Å². The molecule has 0 radical (unpaired) electrons. The van der Waals surface area contributed by atoms with Crippen LogP contribution in [0.5, 0.6) is 5.75 Å². The highest BCUT2D eigenvalue weighted by molar-refractivity contribution is 5.95. The van der Waals surface area contributed by atoms with Crippen molar-refractivity contribution in [3.8, 4) is 5.75 Å². The number of aliphatic carboxylic acids is 1. The molecular formula is C23H21FN2O4. The maximum Gasteiger partial charge on any atom is 0.323 e. The summed E-state index contributed by atoms with van der Waals surface area (Å²) in [5.74, 6) is -1.19. The third-order valence-electron chi connectivity index (χ3n) is 4.48. The lowest BCUT2D eigenvalue weighted by Crippen LogP contribution is -2.35. The molecule has 1 heterocycles. The predicted molar refractivity (Wildman–Crippen MR) is 109 cm³/mol. The Bertz CT molecular complexity index is 1040. The first-order chi connectivity index (χ1) is 14.4. The molecule has 0 unspecified atom stereocenters. The fourth-order valence-corrected chi connectivity index (χ4v) is 3.06. The predicted octanol–water partition coefficient (Wildman–Crippen LogP) is 3.55. The van der Waals surface area contributed by atoms with E-state index < -0.39 is 18.4 Å². The van der Waals surface area contributed by atoms with Gasteiger partial charge in [-0.15, -0.1) is 0 Å². The van der Waals surface area contributed by atoms with E-state index in [0.29, 0.717) is 23.4 Å². The monoisotopic (exact) mass is 408 g/mol. The molecule has 1 N–H and O–H groups in total. The molecule has 1 amide bonds. The number of amides is 1. The minimum absolute atomic E-state index is 0.136. The molecule has 0 saturated heterocycles. The Morgan fingerprint density at radius 1 is 1.07 bits per heavy atom. The number of pyridine rings is 1. The molecule has 0 saturated carbocycles. The van der Waals surface area contributed by atoms with Crippen LogP contribution in [0.3, 0.4) is 0 Å². The van der Waals surface area contributed by atoms with Crippen molar-refractivity contribution in [1.29, 1.82) is 0 Å². The SMILES string of the molecule is COc1ccc(CN(CC(=O)O)C(=O)c2ccnc(Cc3cccc(F)c3)c2)cc1. The summed E-state index contributed by atoms with van der Waals surface area (Å²) in [6.45, 7) is -0.302. The summed E-state index contributed by atoms with van der Waals surface area (Å²) in [6, 6.07) is 16.4. The quantitative estimate of drug-likeness (QED) is 0.617. The Balaban J connectivity index is 1.80. The molecule has 3 aromatic rings. The van der Waals surface area contributed by atoms with Crippen LogP contribution in [0.1, 0.15) is 27.2 Å². The van der Waals surface area contributed by atoms with Crippen LogP contribution in [0.25, 0.3) is 0 Å². The molecule has 30 heavy (non-hydrogen) atoms. The Hall–Kier alpha value is -3.74. The van der Waals surface area contributed by atoms with Crippen LogP contribution in [-0.2, 0) is 17.8 Å². The van der Waals surface area contributed by atoms with E-state index in [-0.39, 0.29) is 12.4 Å². The molecule has 3 rings (SSSR count). The molecule has 6 nitrogen and oxygen atoms in total. The number of rotatable bonds is 8. The van der Waals surface area contributed by atoms with Crippen molar-refractivity contribution in [1.82, 2.24) is 9.88 Å². The van der Waals surface area contributed by atoms with E-state index in [1.165, 1.54) is 23.2 Å². The Kier molecular flexibility index (Phi) is 6.75. The van der Waals surface area contributed by atoms with Crippen molar-refractivity contribution in [3.63, 3.8) is 0 Å². The zero-order valence-corrected chi connectivity index (χ0v) is 16.4. The Morgan fingerprint density at radius 2 is 1.83 bits per heavy atom. The lowest BCUT2D eigenvalue weighted by molar-refractivity contribution is -0.137. The number of carbonyl (C=O) groups is 2. The van der Waals surface area contributed by atoms with Crippen molar-refractivity contribution in [2.24, 2.45) is 0 Å². The van der Waals surface area contributed by atoms with Gasteiger partial charge in [0.25, 0.3) is 5.91 Å². The van der Waals surface area contributed by atoms with Gasteiger partial charge in [0.05, 0.1) is 7.11 Å². The largest absolute Gasteiger partial charge is 0.497 e. The maximum absolute atomic E-state index is 13.4. The average molecular weight is 408 g/mol. The van der Waals surface area contributed by atoms with Crippen molar-refractivity contribution < 1.29 is 23.8 Å². The van der Waals surface area contributed by atoms with Gasteiger partial charge in [-0.05, 0) is 47.5 Å². The summed E-state index contributed by atoms with van der Waals surface area (Å²) in [5.41, 5.74) is 2.42. The van der Waals surface area contributed by atoms with Crippen molar-refractivity contribution >= 4 is 11.9 Å². The maximum atomic E-state index is 13.4. The summed E-state index contributed by atoms with van der Waals surface area (Å²) in [6.07, 6.45) is 1.85. The first-order valence-corrected chi connectivity index (χ1v) is 9.28.